The third-order valence-electron chi connectivity index (χ3n) is 6.50. The maximum atomic E-state index is 3.95. The Labute approximate surface area is 119 Å². The molecule has 0 aromatic rings. The Morgan fingerprint density at radius 3 is 2.37 bits per heavy atom. The molecule has 19 heavy (non-hydrogen) atoms. The Kier molecular flexibility index (Phi) is 4.84. The summed E-state index contributed by atoms with van der Waals surface area (Å²) in [6.45, 7) is 3.78. The molecule has 3 saturated carbocycles. The van der Waals surface area contributed by atoms with Crippen molar-refractivity contribution in [2.75, 3.05) is 6.54 Å². The first-order chi connectivity index (χ1) is 9.33. The molecule has 3 rings (SSSR count). The highest BCUT2D eigenvalue weighted by Gasteiger charge is 2.32. The fourth-order valence-electron chi connectivity index (χ4n) is 5.07. The van der Waals surface area contributed by atoms with E-state index in [0.717, 1.165) is 29.7 Å². The van der Waals surface area contributed by atoms with Crippen LogP contribution in [-0.2, 0) is 0 Å². The van der Waals surface area contributed by atoms with Gasteiger partial charge < -0.3 is 5.32 Å². The lowest BCUT2D eigenvalue weighted by Crippen LogP contribution is -2.41. The van der Waals surface area contributed by atoms with E-state index in [1.807, 2.05) is 0 Å². The van der Waals surface area contributed by atoms with Gasteiger partial charge in [-0.05, 0) is 55.9 Å². The van der Waals surface area contributed by atoms with Crippen LogP contribution in [0.2, 0.25) is 0 Å². The number of nitrogens with one attached hydrogen (secondary N) is 1. The van der Waals surface area contributed by atoms with E-state index in [9.17, 15) is 0 Å². The lowest BCUT2D eigenvalue weighted by molar-refractivity contribution is 0.136. The molecule has 5 unspecified atom stereocenters. The lowest BCUT2D eigenvalue weighted by Gasteiger charge is -2.40. The first-order valence-electron chi connectivity index (χ1n) is 9.06. The smallest absolute Gasteiger partial charge is 0.00700 e. The van der Waals surface area contributed by atoms with E-state index in [4.69, 9.17) is 0 Å². The van der Waals surface area contributed by atoms with Crippen LogP contribution in [0, 0.1) is 23.7 Å². The third-order valence-corrected chi connectivity index (χ3v) is 6.50. The zero-order valence-electron chi connectivity index (χ0n) is 12.9. The summed E-state index contributed by atoms with van der Waals surface area (Å²) in [5, 5.41) is 3.95. The number of hydrogen-bond donors (Lipinski definition) is 1. The lowest BCUT2D eigenvalue weighted by atomic mass is 9.69. The standard InChI is InChI=1S/C18H33N/c1-14-6-2-3-9-17(14)13-19-18-11-10-15-7-4-5-8-16(15)12-18/h14-19H,2-13H2,1H3. The maximum Gasteiger partial charge on any atom is 0.00700 e. The zero-order valence-corrected chi connectivity index (χ0v) is 12.9. The predicted molar refractivity (Wildman–Crippen MR) is 82.2 cm³/mol. The van der Waals surface area contributed by atoms with Crippen molar-refractivity contribution in [3.63, 3.8) is 0 Å². The van der Waals surface area contributed by atoms with Gasteiger partial charge in [0, 0.05) is 6.04 Å². The second-order valence-electron chi connectivity index (χ2n) is 7.74. The van der Waals surface area contributed by atoms with Gasteiger partial charge >= 0.3 is 0 Å². The molecule has 110 valence electrons. The Bertz CT molecular complexity index is 275. The van der Waals surface area contributed by atoms with Crippen molar-refractivity contribution in [3.8, 4) is 0 Å². The highest BCUT2D eigenvalue weighted by molar-refractivity contribution is 4.87. The molecule has 0 aliphatic heterocycles. The van der Waals surface area contributed by atoms with Crippen LogP contribution in [-0.4, -0.2) is 12.6 Å². The van der Waals surface area contributed by atoms with Gasteiger partial charge in [0.05, 0.1) is 0 Å². The minimum atomic E-state index is 0.855. The molecule has 3 aliphatic rings. The minimum Gasteiger partial charge on any atom is -0.314 e. The second kappa shape index (κ2) is 6.61. The molecule has 1 N–H and O–H groups in total. The molecule has 3 fully saturated rings. The van der Waals surface area contributed by atoms with Gasteiger partial charge in [0.1, 0.15) is 0 Å². The number of rotatable bonds is 3. The quantitative estimate of drug-likeness (QED) is 0.774. The van der Waals surface area contributed by atoms with Crippen LogP contribution in [0.3, 0.4) is 0 Å². The largest absolute Gasteiger partial charge is 0.314 e. The van der Waals surface area contributed by atoms with Crippen LogP contribution in [0.1, 0.15) is 77.6 Å². The van der Waals surface area contributed by atoms with Crippen molar-refractivity contribution < 1.29 is 0 Å². The van der Waals surface area contributed by atoms with Gasteiger partial charge in [-0.1, -0.05) is 51.9 Å². The summed E-state index contributed by atoms with van der Waals surface area (Å²) in [5.41, 5.74) is 0. The first kappa shape index (κ1) is 13.9. The van der Waals surface area contributed by atoms with Crippen molar-refractivity contribution in [3.05, 3.63) is 0 Å². The summed E-state index contributed by atoms with van der Waals surface area (Å²) >= 11 is 0. The Morgan fingerprint density at radius 1 is 0.789 bits per heavy atom. The van der Waals surface area contributed by atoms with Crippen molar-refractivity contribution in [1.29, 1.82) is 0 Å². The SMILES string of the molecule is CC1CCCCC1CNC1CCC2CCCCC2C1. The Hall–Kier alpha value is -0.0400. The molecule has 0 aromatic heterocycles. The second-order valence-corrected chi connectivity index (χ2v) is 7.74. The molecule has 0 spiro atoms. The van der Waals surface area contributed by atoms with Crippen molar-refractivity contribution in [1.82, 2.24) is 5.32 Å². The highest BCUT2D eigenvalue weighted by atomic mass is 14.9. The summed E-state index contributed by atoms with van der Waals surface area (Å²) in [6, 6.07) is 0.855. The van der Waals surface area contributed by atoms with Crippen LogP contribution in [0.4, 0.5) is 0 Å². The molecule has 3 aliphatic carbocycles. The molecule has 1 heteroatoms. The average molecular weight is 263 g/mol. The summed E-state index contributed by atoms with van der Waals surface area (Å²) < 4.78 is 0. The van der Waals surface area contributed by atoms with Gasteiger partial charge in [0.2, 0.25) is 0 Å². The maximum absolute atomic E-state index is 3.95. The number of hydrogen-bond acceptors (Lipinski definition) is 1. The Balaban J connectivity index is 1.43. The predicted octanol–water partition coefficient (Wildman–Crippen LogP) is 4.76. The van der Waals surface area contributed by atoms with Gasteiger partial charge in [0.25, 0.3) is 0 Å². The van der Waals surface area contributed by atoms with E-state index in [2.05, 4.69) is 12.2 Å². The Morgan fingerprint density at radius 2 is 1.53 bits per heavy atom. The summed E-state index contributed by atoms with van der Waals surface area (Å²) in [4.78, 5) is 0. The molecule has 0 radical (unpaired) electrons. The van der Waals surface area contributed by atoms with Crippen molar-refractivity contribution >= 4 is 0 Å². The molecule has 1 nitrogen and oxygen atoms in total. The topological polar surface area (TPSA) is 12.0 Å². The molecule has 5 atom stereocenters. The summed E-state index contributed by atoms with van der Waals surface area (Å²) in [6.07, 6.45) is 16.5. The summed E-state index contributed by atoms with van der Waals surface area (Å²) in [5.74, 6) is 4.11. The number of fused-ring (bicyclic) bond motifs is 1. The molecule has 0 saturated heterocycles. The first-order valence-corrected chi connectivity index (χ1v) is 9.06. The van der Waals surface area contributed by atoms with E-state index in [-0.39, 0.29) is 0 Å². The van der Waals surface area contributed by atoms with Crippen LogP contribution in [0.25, 0.3) is 0 Å². The minimum absolute atomic E-state index is 0.855. The van der Waals surface area contributed by atoms with E-state index in [0.29, 0.717) is 0 Å². The van der Waals surface area contributed by atoms with E-state index < -0.39 is 0 Å². The van der Waals surface area contributed by atoms with Crippen molar-refractivity contribution in [2.45, 2.75) is 83.6 Å². The van der Waals surface area contributed by atoms with E-state index >= 15 is 0 Å². The van der Waals surface area contributed by atoms with Crippen molar-refractivity contribution in [2.24, 2.45) is 23.7 Å². The molecule has 0 bridgehead atoms. The molecular formula is C18H33N. The van der Waals surface area contributed by atoms with Crippen LogP contribution in [0.15, 0.2) is 0 Å². The monoisotopic (exact) mass is 263 g/mol. The fraction of sp³-hybridized carbons (Fsp3) is 1.00. The van der Waals surface area contributed by atoms with Crippen LogP contribution in [0.5, 0.6) is 0 Å². The van der Waals surface area contributed by atoms with Gasteiger partial charge in [0.15, 0.2) is 0 Å². The third kappa shape index (κ3) is 3.54. The van der Waals surface area contributed by atoms with Gasteiger partial charge in [-0.2, -0.15) is 0 Å². The average Bonchev–Trinajstić information content (AvgIpc) is 2.46. The molecule has 0 aromatic carbocycles. The molecule has 0 heterocycles. The van der Waals surface area contributed by atoms with Gasteiger partial charge in [-0.25, -0.2) is 0 Å². The fourth-order valence-corrected chi connectivity index (χ4v) is 5.07. The molecule has 0 amide bonds. The van der Waals surface area contributed by atoms with Crippen LogP contribution < -0.4 is 5.32 Å². The normalized spacial score (nSPS) is 43.7. The zero-order chi connectivity index (χ0) is 13.1. The highest BCUT2D eigenvalue weighted by Crippen LogP contribution is 2.40. The molecular weight excluding hydrogens is 230 g/mol. The van der Waals surface area contributed by atoms with Gasteiger partial charge in [-0.3, -0.25) is 0 Å². The summed E-state index contributed by atoms with van der Waals surface area (Å²) in [7, 11) is 0. The van der Waals surface area contributed by atoms with Crippen LogP contribution >= 0.6 is 0 Å². The van der Waals surface area contributed by atoms with E-state index in [1.54, 1.807) is 0 Å². The van der Waals surface area contributed by atoms with Gasteiger partial charge in [-0.15, -0.1) is 0 Å². The van der Waals surface area contributed by atoms with E-state index in [1.165, 1.54) is 77.2 Å².